The highest BCUT2D eigenvalue weighted by Crippen LogP contribution is 2.38. The summed E-state index contributed by atoms with van der Waals surface area (Å²) in [6.07, 6.45) is 7.71. The molecule has 0 spiro atoms. The summed E-state index contributed by atoms with van der Waals surface area (Å²) in [7, 11) is 0. The van der Waals surface area contributed by atoms with Crippen LogP contribution in [0.15, 0.2) is 12.1 Å². The van der Waals surface area contributed by atoms with Crippen LogP contribution in [0, 0.1) is 0 Å². The fourth-order valence-corrected chi connectivity index (χ4v) is 4.06. The van der Waals surface area contributed by atoms with Gasteiger partial charge in [-0.3, -0.25) is 0 Å². The van der Waals surface area contributed by atoms with E-state index >= 15 is 0 Å². The minimum atomic E-state index is 0.331. The monoisotopic (exact) mass is 289 g/mol. The van der Waals surface area contributed by atoms with E-state index in [1.165, 1.54) is 43.2 Å². The fourth-order valence-electron chi connectivity index (χ4n) is 3.63. The number of fused-ring (bicyclic) bond motifs is 2. The molecule has 1 aliphatic carbocycles. The molecule has 2 heterocycles. The molecule has 1 fully saturated rings. The van der Waals surface area contributed by atoms with E-state index in [0.29, 0.717) is 12.8 Å². The Hall–Kier alpha value is -1.29. The number of rotatable bonds is 1. The summed E-state index contributed by atoms with van der Waals surface area (Å²) < 4.78 is 11.0. The van der Waals surface area contributed by atoms with Crippen molar-refractivity contribution < 1.29 is 9.47 Å². The Morgan fingerprint density at radius 3 is 2.60 bits per heavy atom. The third kappa shape index (κ3) is 1.97. The number of hydrogen-bond acceptors (Lipinski definition) is 3. The van der Waals surface area contributed by atoms with Crippen LogP contribution in [0.3, 0.4) is 0 Å². The molecule has 0 amide bonds. The first-order valence-corrected chi connectivity index (χ1v) is 7.97. The van der Waals surface area contributed by atoms with Crippen LogP contribution in [-0.4, -0.2) is 29.3 Å². The molecular weight excluding hydrogens is 270 g/mol. The largest absolute Gasteiger partial charge is 0.454 e. The minimum Gasteiger partial charge on any atom is -0.454 e. The van der Waals surface area contributed by atoms with Crippen molar-refractivity contribution in [3.8, 4) is 11.5 Å². The van der Waals surface area contributed by atoms with Crippen LogP contribution in [-0.2, 0) is 6.42 Å². The topological polar surface area (TPSA) is 21.7 Å². The van der Waals surface area contributed by atoms with Crippen molar-refractivity contribution in [2.75, 3.05) is 13.3 Å². The predicted octanol–water partition coefficient (Wildman–Crippen LogP) is 3.28. The Morgan fingerprint density at radius 1 is 1.05 bits per heavy atom. The average Bonchev–Trinajstić information content (AvgIpc) is 2.94. The quantitative estimate of drug-likeness (QED) is 0.740. The highest BCUT2D eigenvalue weighted by Gasteiger charge is 2.30. The van der Waals surface area contributed by atoms with Gasteiger partial charge in [0.1, 0.15) is 4.99 Å². The zero-order valence-corrected chi connectivity index (χ0v) is 12.4. The Balaban J connectivity index is 1.64. The van der Waals surface area contributed by atoms with Gasteiger partial charge in [-0.2, -0.15) is 0 Å². The number of nitrogens with zero attached hydrogens (tertiary/aromatic N) is 1. The lowest BCUT2D eigenvalue weighted by molar-refractivity contribution is 0.174. The molecule has 0 aromatic heterocycles. The maximum absolute atomic E-state index is 5.76. The maximum atomic E-state index is 5.76. The SMILES string of the molecule is S=C1c2cc3c(cc2CCN1C1CCCCC1)OCO3. The van der Waals surface area contributed by atoms with Crippen molar-refractivity contribution in [3.63, 3.8) is 0 Å². The molecule has 2 aliphatic heterocycles. The van der Waals surface area contributed by atoms with Gasteiger partial charge in [-0.25, -0.2) is 0 Å². The average molecular weight is 289 g/mol. The fraction of sp³-hybridized carbons (Fsp3) is 0.562. The number of benzene rings is 1. The molecule has 4 heteroatoms. The van der Waals surface area contributed by atoms with E-state index in [1.54, 1.807) is 0 Å². The van der Waals surface area contributed by atoms with Gasteiger partial charge in [0.15, 0.2) is 11.5 Å². The van der Waals surface area contributed by atoms with Crippen LogP contribution in [0.2, 0.25) is 0 Å². The van der Waals surface area contributed by atoms with Gasteiger partial charge in [0.25, 0.3) is 0 Å². The molecule has 1 aromatic carbocycles. The summed E-state index contributed by atoms with van der Waals surface area (Å²) >= 11 is 5.76. The molecule has 20 heavy (non-hydrogen) atoms. The molecule has 3 aliphatic rings. The van der Waals surface area contributed by atoms with Crippen molar-refractivity contribution >= 4 is 17.2 Å². The van der Waals surface area contributed by atoms with Crippen molar-refractivity contribution in [2.24, 2.45) is 0 Å². The second-order valence-electron chi connectivity index (χ2n) is 5.90. The first-order valence-electron chi connectivity index (χ1n) is 7.56. The zero-order valence-electron chi connectivity index (χ0n) is 11.6. The number of hydrogen-bond donors (Lipinski definition) is 0. The number of thiocarbonyl (C=S) groups is 1. The summed E-state index contributed by atoms with van der Waals surface area (Å²) in [5.41, 5.74) is 2.49. The molecule has 1 aromatic rings. The van der Waals surface area contributed by atoms with Crippen LogP contribution in [0.25, 0.3) is 0 Å². The van der Waals surface area contributed by atoms with Crippen molar-refractivity contribution in [1.82, 2.24) is 4.90 Å². The van der Waals surface area contributed by atoms with Gasteiger partial charge >= 0.3 is 0 Å². The van der Waals surface area contributed by atoms with Crippen LogP contribution in [0.1, 0.15) is 43.2 Å². The molecule has 0 atom stereocenters. The number of ether oxygens (including phenoxy) is 2. The highest BCUT2D eigenvalue weighted by molar-refractivity contribution is 7.80. The summed E-state index contributed by atoms with van der Waals surface area (Å²) in [6.45, 7) is 1.38. The molecule has 4 rings (SSSR count). The molecule has 1 saturated carbocycles. The standard InChI is InChI=1S/C16H19NO2S/c20-16-13-9-15-14(18-10-19-15)8-11(13)6-7-17(16)12-4-2-1-3-5-12/h8-9,12H,1-7,10H2. The van der Waals surface area contributed by atoms with Gasteiger partial charge in [-0.1, -0.05) is 31.5 Å². The molecule has 106 valence electrons. The van der Waals surface area contributed by atoms with Crippen LogP contribution < -0.4 is 9.47 Å². The van der Waals surface area contributed by atoms with Gasteiger partial charge in [0.05, 0.1) is 0 Å². The molecule has 0 radical (unpaired) electrons. The summed E-state index contributed by atoms with van der Waals surface area (Å²) in [5.74, 6) is 1.72. The van der Waals surface area contributed by atoms with Crippen LogP contribution >= 0.6 is 12.2 Å². The second kappa shape index (κ2) is 4.92. The lowest BCUT2D eigenvalue weighted by atomic mass is 9.91. The van der Waals surface area contributed by atoms with Gasteiger partial charge < -0.3 is 14.4 Å². The van der Waals surface area contributed by atoms with Crippen molar-refractivity contribution in [2.45, 2.75) is 44.6 Å². The van der Waals surface area contributed by atoms with Gasteiger partial charge in [0, 0.05) is 18.2 Å². The summed E-state index contributed by atoms with van der Waals surface area (Å²) in [6, 6.07) is 4.84. The Labute approximate surface area is 124 Å². The van der Waals surface area contributed by atoms with E-state index in [1.807, 2.05) is 0 Å². The van der Waals surface area contributed by atoms with Crippen molar-refractivity contribution in [1.29, 1.82) is 0 Å². The normalized spacial score (nSPS) is 22.0. The van der Waals surface area contributed by atoms with E-state index in [2.05, 4.69) is 17.0 Å². The third-order valence-electron chi connectivity index (χ3n) is 4.73. The minimum absolute atomic E-state index is 0.331. The molecule has 0 saturated heterocycles. The molecule has 0 unspecified atom stereocenters. The lowest BCUT2D eigenvalue weighted by Gasteiger charge is -2.39. The van der Waals surface area contributed by atoms with Crippen molar-refractivity contribution in [3.05, 3.63) is 23.3 Å². The lowest BCUT2D eigenvalue weighted by Crippen LogP contribution is -2.45. The van der Waals surface area contributed by atoms with E-state index in [-0.39, 0.29) is 0 Å². The first-order chi connectivity index (χ1) is 9.83. The molecular formula is C16H19NO2S. The van der Waals surface area contributed by atoms with Crippen LogP contribution in [0.5, 0.6) is 11.5 Å². The van der Waals surface area contributed by atoms with E-state index < -0.39 is 0 Å². The van der Waals surface area contributed by atoms with Crippen LogP contribution in [0.4, 0.5) is 0 Å². The molecule has 0 N–H and O–H groups in total. The van der Waals surface area contributed by atoms with E-state index in [4.69, 9.17) is 21.7 Å². The smallest absolute Gasteiger partial charge is 0.231 e. The van der Waals surface area contributed by atoms with E-state index in [0.717, 1.165) is 29.5 Å². The van der Waals surface area contributed by atoms with Gasteiger partial charge in [-0.15, -0.1) is 0 Å². The Bertz CT molecular complexity index is 552. The Morgan fingerprint density at radius 2 is 1.80 bits per heavy atom. The predicted molar refractivity (Wildman–Crippen MR) is 81.5 cm³/mol. The Kier molecular flexibility index (Phi) is 3.06. The molecule has 0 bridgehead atoms. The third-order valence-corrected chi connectivity index (χ3v) is 5.18. The summed E-state index contributed by atoms with van der Waals surface area (Å²) in [5, 5.41) is 0. The highest BCUT2D eigenvalue weighted by atomic mass is 32.1. The molecule has 3 nitrogen and oxygen atoms in total. The zero-order chi connectivity index (χ0) is 13.5. The van der Waals surface area contributed by atoms with Gasteiger partial charge in [-0.05, 0) is 37.0 Å². The second-order valence-corrected chi connectivity index (χ2v) is 6.29. The van der Waals surface area contributed by atoms with E-state index in [9.17, 15) is 0 Å². The van der Waals surface area contributed by atoms with Gasteiger partial charge in [0.2, 0.25) is 6.79 Å². The first kappa shape index (κ1) is 12.5. The summed E-state index contributed by atoms with van der Waals surface area (Å²) in [4.78, 5) is 3.47. The maximum Gasteiger partial charge on any atom is 0.231 e.